The Bertz CT molecular complexity index is 1570. The van der Waals surface area contributed by atoms with Gasteiger partial charge >= 0.3 is 18.3 Å². The second-order valence-electron chi connectivity index (χ2n) is 13.7. The number of ether oxygens (including phenoxy) is 1. The van der Waals surface area contributed by atoms with Gasteiger partial charge in [0.2, 0.25) is 0 Å². The molecule has 4 amide bonds. The van der Waals surface area contributed by atoms with E-state index in [1.54, 1.807) is 9.80 Å². The monoisotopic (exact) mass is 767 g/mol. The number of carbonyl (C=O) groups excluding carboxylic acids is 3. The Kier molecular flexibility index (Phi) is 9.76. The van der Waals surface area contributed by atoms with Crippen molar-refractivity contribution in [2.75, 3.05) is 70.0 Å². The van der Waals surface area contributed by atoms with Gasteiger partial charge in [0.1, 0.15) is 5.00 Å². The number of rotatable bonds is 6. The first kappa shape index (κ1) is 34.4. The van der Waals surface area contributed by atoms with E-state index < -0.39 is 35.5 Å². The molecular formula is C33H41BrF3N7O4S. The summed E-state index contributed by atoms with van der Waals surface area (Å²) >= 11 is 4.62. The van der Waals surface area contributed by atoms with E-state index in [1.165, 1.54) is 35.1 Å². The minimum Gasteiger partial charge on any atom is -0.436 e. The highest BCUT2D eigenvalue weighted by atomic mass is 79.9. The first-order valence-electron chi connectivity index (χ1n) is 16.9. The van der Waals surface area contributed by atoms with E-state index in [9.17, 15) is 27.6 Å². The molecule has 5 saturated heterocycles. The summed E-state index contributed by atoms with van der Waals surface area (Å²) in [5, 5.41) is 5.73. The fourth-order valence-corrected chi connectivity index (χ4v) is 9.40. The number of hydrogen-bond donors (Lipinski definition) is 2. The molecular weight excluding hydrogens is 727 g/mol. The number of benzene rings is 1. The number of carbonyl (C=O) groups is 3. The molecule has 3 N–H and O–H groups in total. The van der Waals surface area contributed by atoms with Gasteiger partial charge in [0.15, 0.2) is 6.10 Å². The Balaban J connectivity index is 1.03. The van der Waals surface area contributed by atoms with Gasteiger partial charge in [0.25, 0.3) is 5.91 Å². The van der Waals surface area contributed by atoms with Gasteiger partial charge in [0, 0.05) is 74.4 Å². The van der Waals surface area contributed by atoms with E-state index in [1.807, 2.05) is 11.4 Å². The van der Waals surface area contributed by atoms with Crippen LogP contribution in [0.5, 0.6) is 0 Å². The molecule has 1 aromatic carbocycles. The number of nitrogens with zero attached hydrogens (tertiary/aromatic N) is 5. The number of thiophene rings is 1. The molecule has 7 heterocycles. The summed E-state index contributed by atoms with van der Waals surface area (Å²) in [7, 11) is 0. The van der Waals surface area contributed by atoms with Crippen LogP contribution in [0.2, 0.25) is 0 Å². The first-order chi connectivity index (χ1) is 23.4. The highest BCUT2D eigenvalue weighted by Crippen LogP contribution is 2.39. The number of halogens is 4. The van der Waals surface area contributed by atoms with Gasteiger partial charge in [-0.1, -0.05) is 0 Å². The van der Waals surface area contributed by atoms with E-state index in [0.717, 1.165) is 36.3 Å². The number of amides is 4. The van der Waals surface area contributed by atoms with E-state index >= 15 is 0 Å². The molecule has 0 radical (unpaired) electrons. The number of likely N-dealkylation sites (tertiary alicyclic amines) is 1. The van der Waals surface area contributed by atoms with E-state index in [4.69, 9.17) is 10.5 Å². The summed E-state index contributed by atoms with van der Waals surface area (Å²) in [5.74, 6) is 0.240. The molecule has 8 rings (SSSR count). The van der Waals surface area contributed by atoms with Crippen LogP contribution in [0.15, 0.2) is 28.1 Å². The topological polar surface area (TPSA) is 115 Å². The van der Waals surface area contributed by atoms with Crippen molar-refractivity contribution in [3.05, 3.63) is 44.7 Å². The fraction of sp³-hybridized carbons (Fsp3) is 0.606. The minimum atomic E-state index is -4.70. The summed E-state index contributed by atoms with van der Waals surface area (Å²) in [6, 6.07) is 4.59. The number of anilines is 2. The van der Waals surface area contributed by atoms with Crippen molar-refractivity contribution in [3.63, 3.8) is 0 Å². The number of nitrogens with two attached hydrogens (primary N) is 1. The summed E-state index contributed by atoms with van der Waals surface area (Å²) in [4.78, 5) is 50.3. The normalized spacial score (nSPS) is 25.6. The number of piperazine rings is 1. The third kappa shape index (κ3) is 7.24. The van der Waals surface area contributed by atoms with Crippen molar-refractivity contribution in [3.8, 4) is 0 Å². The third-order valence-corrected chi connectivity index (χ3v) is 12.4. The lowest BCUT2D eigenvalue weighted by Crippen LogP contribution is -2.62. The van der Waals surface area contributed by atoms with Crippen LogP contribution >= 0.6 is 27.3 Å². The molecule has 6 aliphatic rings. The fourth-order valence-electron chi connectivity index (χ4n) is 8.09. The van der Waals surface area contributed by atoms with Gasteiger partial charge in [-0.05, 0) is 89.8 Å². The van der Waals surface area contributed by atoms with Gasteiger partial charge < -0.3 is 30.1 Å². The van der Waals surface area contributed by atoms with Crippen molar-refractivity contribution in [2.24, 2.45) is 5.92 Å². The molecule has 5 fully saturated rings. The van der Waals surface area contributed by atoms with Gasteiger partial charge in [-0.2, -0.15) is 13.2 Å². The Morgan fingerprint density at radius 3 is 2.39 bits per heavy atom. The van der Waals surface area contributed by atoms with Crippen LogP contribution in [0.4, 0.5) is 33.4 Å². The van der Waals surface area contributed by atoms with Crippen molar-refractivity contribution in [1.29, 1.82) is 0 Å². The predicted octanol–water partition coefficient (Wildman–Crippen LogP) is 4.91. The van der Waals surface area contributed by atoms with Crippen LogP contribution < -0.4 is 11.1 Å². The zero-order valence-corrected chi connectivity index (χ0v) is 29.5. The summed E-state index contributed by atoms with van der Waals surface area (Å²) < 4.78 is 47.5. The molecule has 1 unspecified atom stereocenters. The average molecular weight is 769 g/mol. The first-order valence-corrected chi connectivity index (χ1v) is 18.6. The lowest BCUT2D eigenvalue weighted by Gasteiger charge is -2.51. The molecule has 16 heteroatoms. The Morgan fingerprint density at radius 1 is 1.02 bits per heavy atom. The maximum absolute atomic E-state index is 14.0. The van der Waals surface area contributed by atoms with E-state index in [0.29, 0.717) is 70.6 Å². The van der Waals surface area contributed by atoms with Gasteiger partial charge in [0.05, 0.1) is 17.8 Å². The van der Waals surface area contributed by atoms with Crippen LogP contribution in [-0.4, -0.2) is 120 Å². The van der Waals surface area contributed by atoms with E-state index in [-0.39, 0.29) is 28.5 Å². The van der Waals surface area contributed by atoms with Crippen molar-refractivity contribution >= 4 is 56.0 Å². The van der Waals surface area contributed by atoms with Crippen molar-refractivity contribution in [2.45, 2.75) is 63.0 Å². The molecule has 0 saturated carbocycles. The van der Waals surface area contributed by atoms with Gasteiger partial charge in [-0.25, -0.2) is 9.59 Å². The maximum atomic E-state index is 14.0. The zero-order chi connectivity index (χ0) is 34.4. The van der Waals surface area contributed by atoms with Crippen molar-refractivity contribution in [1.82, 2.24) is 24.5 Å². The quantitative estimate of drug-likeness (QED) is 0.402. The molecule has 2 aromatic rings. The van der Waals surface area contributed by atoms with Crippen molar-refractivity contribution < 1.29 is 32.3 Å². The zero-order valence-electron chi connectivity index (χ0n) is 27.1. The number of piperidine rings is 4. The van der Waals surface area contributed by atoms with E-state index in [2.05, 4.69) is 31.0 Å². The molecule has 6 aliphatic heterocycles. The summed E-state index contributed by atoms with van der Waals surface area (Å²) in [6.45, 7) is 6.74. The molecule has 266 valence electrons. The maximum Gasteiger partial charge on any atom is 0.418 e. The molecule has 1 aromatic heterocycles. The molecule has 0 aliphatic carbocycles. The number of hydrogen-bond acceptors (Lipinski definition) is 8. The average Bonchev–Trinajstić information content (AvgIpc) is 3.56. The number of nitrogens with one attached hydrogen (secondary N) is 1. The Hall–Kier alpha value is -3.08. The van der Waals surface area contributed by atoms with Gasteiger partial charge in [-0.3, -0.25) is 15.0 Å². The largest absolute Gasteiger partial charge is 0.436 e. The predicted molar refractivity (Wildman–Crippen MR) is 182 cm³/mol. The second kappa shape index (κ2) is 13.9. The van der Waals surface area contributed by atoms with Gasteiger partial charge in [-0.15, -0.1) is 11.3 Å². The number of urea groups is 1. The smallest absolute Gasteiger partial charge is 0.418 e. The number of alkyl halides is 3. The molecule has 2 bridgehead atoms. The highest BCUT2D eigenvalue weighted by Gasteiger charge is 2.41. The summed E-state index contributed by atoms with van der Waals surface area (Å²) in [5.41, 5.74) is 5.51. The molecule has 0 spiro atoms. The lowest BCUT2D eigenvalue weighted by molar-refractivity contribution is -0.143. The lowest BCUT2D eigenvalue weighted by atomic mass is 9.83. The second-order valence-corrected chi connectivity index (χ2v) is 15.5. The third-order valence-electron chi connectivity index (χ3n) is 10.9. The molecule has 2 atom stereocenters. The minimum absolute atomic E-state index is 0.0550. The Morgan fingerprint density at radius 2 is 1.73 bits per heavy atom. The molecule has 49 heavy (non-hydrogen) atoms. The Labute approximate surface area is 295 Å². The van der Waals surface area contributed by atoms with Crippen LogP contribution in [0.25, 0.3) is 0 Å². The van der Waals surface area contributed by atoms with Crippen LogP contribution in [0.3, 0.4) is 0 Å². The summed E-state index contributed by atoms with van der Waals surface area (Å²) in [6.07, 6.45) is -3.52. The number of nitrogen functional groups attached to an aromatic ring is 1. The number of fused-ring (bicyclic) bond motifs is 4. The SMILES string of the molecule is Nc1c(Br)cc(C[C@@H](OC(=O)N2CCC(N3Cc4ccsc4NC3=O)CC2)C(=O)N2CCN(C3CN4CCC3CC4)CC2)cc1C(F)(F)F. The van der Waals surface area contributed by atoms with Crippen LogP contribution in [0, 0.1) is 5.92 Å². The standard InChI is InChI=1S/C33H41BrF3N7O4S/c34-25-16-20(15-24(28(25)38)33(35,36)37)17-27(30(45)42-12-10-41(11-13-42)26-19-40-6-1-21(26)2-7-40)48-32(47)43-8-3-23(4-9-43)44-18-22-5-14-49-29(22)39-31(44)46/h5,14-16,21,23,26-27H,1-4,6-13,17-19,38H2,(H,39,46)/t26?,27-/m1/s1. The van der Waals surface area contributed by atoms with Crippen LogP contribution in [0.1, 0.15) is 42.4 Å². The highest BCUT2D eigenvalue weighted by molar-refractivity contribution is 9.10. The van der Waals surface area contributed by atoms with Crippen LogP contribution in [-0.2, 0) is 28.7 Å². The molecule has 11 nitrogen and oxygen atoms in total.